The van der Waals surface area contributed by atoms with Crippen LogP contribution < -0.4 is 0 Å². The van der Waals surface area contributed by atoms with E-state index in [2.05, 4.69) is 13.8 Å². The minimum absolute atomic E-state index is 0. The van der Waals surface area contributed by atoms with Crippen molar-refractivity contribution in [1.82, 2.24) is 9.80 Å². The molecule has 0 radical (unpaired) electrons. The lowest BCUT2D eigenvalue weighted by atomic mass is 9.85. The fourth-order valence-corrected chi connectivity index (χ4v) is 5.15. The Kier molecular flexibility index (Phi) is 6.54. The van der Waals surface area contributed by atoms with Crippen molar-refractivity contribution >= 4 is 24.3 Å². The molecule has 1 aliphatic carbocycles. The van der Waals surface area contributed by atoms with Crippen molar-refractivity contribution in [1.29, 1.82) is 0 Å². The zero-order chi connectivity index (χ0) is 16.6. The van der Waals surface area contributed by atoms with Gasteiger partial charge in [0.25, 0.3) is 0 Å². The summed E-state index contributed by atoms with van der Waals surface area (Å²) < 4.78 is 0. The first kappa shape index (κ1) is 19.5. The first-order valence-electron chi connectivity index (χ1n) is 9.22. The second-order valence-electron chi connectivity index (χ2n) is 8.12. The number of aliphatic carboxylic acids is 1. The van der Waals surface area contributed by atoms with Gasteiger partial charge in [-0.3, -0.25) is 14.5 Å². The van der Waals surface area contributed by atoms with Gasteiger partial charge in [0.2, 0.25) is 5.91 Å². The van der Waals surface area contributed by atoms with Crippen LogP contribution in [0.2, 0.25) is 0 Å². The molecule has 0 aromatic heterocycles. The molecule has 3 aliphatic rings. The topological polar surface area (TPSA) is 60.9 Å². The third kappa shape index (κ3) is 4.05. The summed E-state index contributed by atoms with van der Waals surface area (Å²) in [5, 5.41) is 9.57. The van der Waals surface area contributed by atoms with Gasteiger partial charge < -0.3 is 10.0 Å². The van der Waals surface area contributed by atoms with Gasteiger partial charge in [-0.05, 0) is 43.4 Å². The number of piperidine rings is 1. The predicted molar refractivity (Wildman–Crippen MR) is 95.3 cm³/mol. The van der Waals surface area contributed by atoms with E-state index in [1.807, 2.05) is 9.80 Å². The number of amides is 1. The molecule has 2 saturated heterocycles. The zero-order valence-electron chi connectivity index (χ0n) is 14.8. The van der Waals surface area contributed by atoms with Crippen molar-refractivity contribution in [2.45, 2.75) is 64.5 Å². The van der Waals surface area contributed by atoms with Crippen LogP contribution in [0.3, 0.4) is 0 Å². The molecule has 3 fully saturated rings. The average Bonchev–Trinajstić information content (AvgIpc) is 2.85. The first-order valence-corrected chi connectivity index (χ1v) is 9.22. The quantitative estimate of drug-likeness (QED) is 0.842. The van der Waals surface area contributed by atoms with Crippen LogP contribution in [-0.2, 0) is 9.59 Å². The highest BCUT2D eigenvalue weighted by molar-refractivity contribution is 5.85. The number of carboxylic acid groups (broad SMARTS) is 1. The van der Waals surface area contributed by atoms with Crippen LogP contribution in [-0.4, -0.2) is 58.5 Å². The maximum Gasteiger partial charge on any atom is 0.320 e. The SMILES string of the molecule is CC1CC(C)CN(C(=O)CN2C(C(=O)O)CC3CCCCC32)C1.Cl. The van der Waals surface area contributed by atoms with Crippen molar-refractivity contribution in [2.24, 2.45) is 17.8 Å². The molecule has 6 heteroatoms. The Morgan fingerprint density at radius 2 is 1.67 bits per heavy atom. The van der Waals surface area contributed by atoms with Crippen LogP contribution in [0.25, 0.3) is 0 Å². The molecule has 0 bridgehead atoms. The number of hydrogen-bond donors (Lipinski definition) is 1. The number of rotatable bonds is 3. The Hall–Kier alpha value is -0.810. The van der Waals surface area contributed by atoms with E-state index in [1.165, 1.54) is 12.8 Å². The molecule has 0 aromatic rings. The molecule has 5 nitrogen and oxygen atoms in total. The Labute approximate surface area is 151 Å². The standard InChI is InChI=1S/C18H30N2O3.ClH/c1-12-7-13(2)10-19(9-12)17(21)11-20-15-6-4-3-5-14(15)8-16(20)18(22)23;/h12-16H,3-11H2,1-2H3,(H,22,23);1H. The molecule has 2 heterocycles. The highest BCUT2D eigenvalue weighted by atomic mass is 35.5. The zero-order valence-corrected chi connectivity index (χ0v) is 15.6. The average molecular weight is 359 g/mol. The van der Waals surface area contributed by atoms with E-state index in [0.29, 0.717) is 23.8 Å². The van der Waals surface area contributed by atoms with E-state index < -0.39 is 12.0 Å². The van der Waals surface area contributed by atoms with Crippen LogP contribution in [0.4, 0.5) is 0 Å². The van der Waals surface area contributed by atoms with Crippen molar-refractivity contribution in [3.63, 3.8) is 0 Å². The van der Waals surface area contributed by atoms with Gasteiger partial charge in [0.1, 0.15) is 6.04 Å². The third-order valence-corrected chi connectivity index (χ3v) is 6.05. The van der Waals surface area contributed by atoms with Gasteiger partial charge in [-0.1, -0.05) is 26.7 Å². The summed E-state index contributed by atoms with van der Waals surface area (Å²) in [5.41, 5.74) is 0. The molecule has 5 atom stereocenters. The van der Waals surface area contributed by atoms with Gasteiger partial charge in [-0.2, -0.15) is 0 Å². The molecule has 0 spiro atoms. The van der Waals surface area contributed by atoms with Crippen LogP contribution >= 0.6 is 12.4 Å². The summed E-state index contributed by atoms with van der Waals surface area (Å²) in [6.45, 7) is 6.33. The molecule has 2 aliphatic heterocycles. The Bertz CT molecular complexity index is 463. The molecule has 1 saturated carbocycles. The lowest BCUT2D eigenvalue weighted by Gasteiger charge is -2.38. The summed E-state index contributed by atoms with van der Waals surface area (Å²) in [6.07, 6.45) is 6.44. The number of halogens is 1. The van der Waals surface area contributed by atoms with Gasteiger partial charge in [-0.15, -0.1) is 12.4 Å². The molecule has 3 rings (SSSR count). The Morgan fingerprint density at radius 1 is 1.04 bits per heavy atom. The van der Waals surface area contributed by atoms with E-state index in [1.54, 1.807) is 0 Å². The Balaban J connectivity index is 0.00000208. The molecule has 1 N–H and O–H groups in total. The van der Waals surface area contributed by atoms with Crippen molar-refractivity contribution < 1.29 is 14.7 Å². The number of fused-ring (bicyclic) bond motifs is 1. The molecular weight excluding hydrogens is 328 g/mol. The third-order valence-electron chi connectivity index (χ3n) is 6.05. The monoisotopic (exact) mass is 358 g/mol. The lowest BCUT2D eigenvalue weighted by molar-refractivity contribution is -0.144. The van der Waals surface area contributed by atoms with E-state index in [9.17, 15) is 14.7 Å². The normalized spacial score (nSPS) is 36.8. The minimum Gasteiger partial charge on any atom is -0.480 e. The summed E-state index contributed by atoms with van der Waals surface area (Å²) in [4.78, 5) is 28.4. The number of carbonyl (C=O) groups is 2. The number of nitrogens with zero attached hydrogens (tertiary/aromatic N) is 2. The number of carbonyl (C=O) groups excluding carboxylic acids is 1. The summed E-state index contributed by atoms with van der Waals surface area (Å²) in [6, 6.07) is -0.167. The minimum atomic E-state index is -0.757. The van der Waals surface area contributed by atoms with Crippen molar-refractivity contribution in [3.8, 4) is 0 Å². The van der Waals surface area contributed by atoms with E-state index in [4.69, 9.17) is 0 Å². The number of likely N-dealkylation sites (tertiary alicyclic amines) is 2. The summed E-state index contributed by atoms with van der Waals surface area (Å²) in [5.74, 6) is 0.920. The fraction of sp³-hybridized carbons (Fsp3) is 0.889. The van der Waals surface area contributed by atoms with Crippen LogP contribution in [0.1, 0.15) is 52.4 Å². The van der Waals surface area contributed by atoms with E-state index in [0.717, 1.165) is 38.8 Å². The van der Waals surface area contributed by atoms with Crippen molar-refractivity contribution in [2.75, 3.05) is 19.6 Å². The van der Waals surface area contributed by atoms with E-state index >= 15 is 0 Å². The number of hydrogen-bond acceptors (Lipinski definition) is 3. The molecule has 5 unspecified atom stereocenters. The maximum atomic E-state index is 12.8. The van der Waals surface area contributed by atoms with Crippen LogP contribution in [0, 0.1) is 17.8 Å². The first-order chi connectivity index (χ1) is 11.0. The van der Waals surface area contributed by atoms with Gasteiger partial charge in [0, 0.05) is 19.1 Å². The molecular formula is C18H31ClN2O3. The van der Waals surface area contributed by atoms with E-state index in [-0.39, 0.29) is 24.9 Å². The Morgan fingerprint density at radius 3 is 2.29 bits per heavy atom. The van der Waals surface area contributed by atoms with Crippen LogP contribution in [0.5, 0.6) is 0 Å². The van der Waals surface area contributed by atoms with Crippen molar-refractivity contribution in [3.05, 3.63) is 0 Å². The highest BCUT2D eigenvalue weighted by Crippen LogP contribution is 2.39. The molecule has 1 amide bonds. The number of carboxylic acids is 1. The van der Waals surface area contributed by atoms with Gasteiger partial charge in [-0.25, -0.2) is 0 Å². The maximum absolute atomic E-state index is 12.8. The smallest absolute Gasteiger partial charge is 0.320 e. The summed E-state index contributed by atoms with van der Waals surface area (Å²) in [7, 11) is 0. The fourth-order valence-electron chi connectivity index (χ4n) is 5.15. The molecule has 0 aromatic carbocycles. The lowest BCUT2D eigenvalue weighted by Crippen LogP contribution is -2.51. The second kappa shape index (κ2) is 8.05. The molecule has 24 heavy (non-hydrogen) atoms. The highest BCUT2D eigenvalue weighted by Gasteiger charge is 2.46. The predicted octanol–water partition coefficient (Wildman–Crippen LogP) is 2.63. The largest absolute Gasteiger partial charge is 0.480 e. The molecule has 138 valence electrons. The van der Waals surface area contributed by atoms with Gasteiger partial charge in [0.15, 0.2) is 0 Å². The van der Waals surface area contributed by atoms with Gasteiger partial charge in [0.05, 0.1) is 6.54 Å². The van der Waals surface area contributed by atoms with Gasteiger partial charge >= 0.3 is 5.97 Å². The van der Waals surface area contributed by atoms with Crippen LogP contribution in [0.15, 0.2) is 0 Å². The second-order valence-corrected chi connectivity index (χ2v) is 8.12. The summed E-state index contributed by atoms with van der Waals surface area (Å²) >= 11 is 0.